The van der Waals surface area contributed by atoms with E-state index in [9.17, 15) is 32.3 Å². The van der Waals surface area contributed by atoms with Gasteiger partial charge in [-0.1, -0.05) is 13.8 Å². The molecule has 0 spiro atoms. The number of hydrogen-bond acceptors (Lipinski definition) is 5. The van der Waals surface area contributed by atoms with E-state index in [0.717, 1.165) is 0 Å². The molecule has 0 aliphatic carbocycles. The van der Waals surface area contributed by atoms with Crippen LogP contribution >= 0.6 is 45.5 Å². The van der Waals surface area contributed by atoms with Crippen LogP contribution in [-0.4, -0.2) is 52.9 Å². The van der Waals surface area contributed by atoms with Crippen LogP contribution in [0.4, 0.5) is 13.2 Å². The summed E-state index contributed by atoms with van der Waals surface area (Å²) in [6.07, 6.45) is -3.60. The second kappa shape index (κ2) is 14.3. The average Bonchev–Trinajstić information content (AvgIpc) is 2.61. The zero-order valence-corrected chi connectivity index (χ0v) is 20.3. The van der Waals surface area contributed by atoms with Crippen molar-refractivity contribution in [2.24, 2.45) is 5.92 Å². The van der Waals surface area contributed by atoms with Crippen LogP contribution < -0.4 is 19.5 Å². The molecule has 3 amide bonds. The molecule has 0 rings (SSSR count). The standard InChI is InChI=1S/C16H25F3I2N4O4/c1-9(2)7-11(25-21)14(28)23-8-12(26)24-10(13(20)27)5-3-4-6-22-15(29)16(17,18)19/h9-11,25H,3-8H2,1-2H3,(H,22,29)(H,23,28)(H,24,26)/t10-,11-/m0/s1. The third kappa shape index (κ3) is 13.3. The zero-order chi connectivity index (χ0) is 22.6. The maximum atomic E-state index is 12.1. The Kier molecular flexibility index (Phi) is 14.0. The third-order valence-corrected chi connectivity index (χ3v) is 5.15. The monoisotopic (exact) mass is 648 g/mol. The lowest BCUT2D eigenvalue weighted by Gasteiger charge is -2.18. The van der Waals surface area contributed by atoms with E-state index in [1.807, 2.05) is 36.7 Å². The Morgan fingerprint density at radius 1 is 1.00 bits per heavy atom. The summed E-state index contributed by atoms with van der Waals surface area (Å²) in [5.74, 6) is -2.61. The van der Waals surface area contributed by atoms with Gasteiger partial charge in [0.2, 0.25) is 15.6 Å². The molecule has 29 heavy (non-hydrogen) atoms. The predicted molar refractivity (Wildman–Crippen MR) is 117 cm³/mol. The molecule has 2 atom stereocenters. The van der Waals surface area contributed by atoms with Gasteiger partial charge in [-0.2, -0.15) is 13.2 Å². The minimum atomic E-state index is -4.93. The number of hydrogen-bond donors (Lipinski definition) is 4. The fourth-order valence-electron chi connectivity index (χ4n) is 2.23. The average molecular weight is 648 g/mol. The van der Waals surface area contributed by atoms with Gasteiger partial charge in [0.1, 0.15) is 0 Å². The highest BCUT2D eigenvalue weighted by molar-refractivity contribution is 14.1. The van der Waals surface area contributed by atoms with Gasteiger partial charge in [-0.05, 0) is 31.6 Å². The van der Waals surface area contributed by atoms with Gasteiger partial charge in [-0.3, -0.25) is 19.2 Å². The van der Waals surface area contributed by atoms with E-state index in [-0.39, 0.29) is 41.5 Å². The summed E-state index contributed by atoms with van der Waals surface area (Å²) in [5.41, 5.74) is 0. The minimum absolute atomic E-state index is 0.189. The third-order valence-electron chi connectivity index (χ3n) is 3.65. The number of carbonyl (C=O) groups excluding carboxylic acids is 4. The first-order valence-corrected chi connectivity index (χ1v) is 11.0. The van der Waals surface area contributed by atoms with Gasteiger partial charge < -0.3 is 16.0 Å². The normalized spacial score (nSPS) is 13.5. The van der Waals surface area contributed by atoms with Gasteiger partial charge in [0, 0.05) is 52.0 Å². The van der Waals surface area contributed by atoms with Crippen LogP contribution in [-0.2, 0) is 19.2 Å². The summed E-state index contributed by atoms with van der Waals surface area (Å²) in [4.78, 5) is 46.4. The van der Waals surface area contributed by atoms with Crippen LogP contribution in [0.3, 0.4) is 0 Å². The molecule has 0 unspecified atom stereocenters. The smallest absolute Gasteiger partial charge is 0.348 e. The Labute approximate surface area is 194 Å². The highest BCUT2D eigenvalue weighted by Gasteiger charge is 2.38. The molecule has 0 saturated carbocycles. The summed E-state index contributed by atoms with van der Waals surface area (Å²) in [6, 6.07) is -1.27. The molecule has 0 fully saturated rings. The molecule has 0 aliphatic rings. The molecule has 4 N–H and O–H groups in total. The summed E-state index contributed by atoms with van der Waals surface area (Å²) in [6.45, 7) is 3.44. The molecule has 0 aromatic heterocycles. The summed E-state index contributed by atoms with van der Waals surface area (Å²) in [7, 11) is 0. The van der Waals surface area contributed by atoms with E-state index in [2.05, 4.69) is 14.2 Å². The van der Waals surface area contributed by atoms with Crippen molar-refractivity contribution in [3.05, 3.63) is 0 Å². The van der Waals surface area contributed by atoms with Crippen molar-refractivity contribution in [3.63, 3.8) is 0 Å². The van der Waals surface area contributed by atoms with Crippen molar-refractivity contribution >= 4 is 67.0 Å². The molecule has 168 valence electrons. The van der Waals surface area contributed by atoms with Gasteiger partial charge >= 0.3 is 12.1 Å². The van der Waals surface area contributed by atoms with Crippen LogP contribution in [0.5, 0.6) is 0 Å². The number of alkyl halides is 3. The summed E-state index contributed by atoms with van der Waals surface area (Å²) < 4.78 is 38.7. The molecule has 0 radical (unpaired) electrons. The van der Waals surface area contributed by atoms with E-state index in [4.69, 9.17) is 0 Å². The summed E-state index contributed by atoms with van der Waals surface area (Å²) >= 11 is 3.39. The van der Waals surface area contributed by atoms with E-state index in [1.54, 1.807) is 5.32 Å². The van der Waals surface area contributed by atoms with Crippen molar-refractivity contribution < 1.29 is 32.3 Å². The fourth-order valence-corrected chi connectivity index (χ4v) is 3.23. The molecule has 0 heterocycles. The lowest BCUT2D eigenvalue weighted by Crippen LogP contribution is -2.48. The number of nitrogens with one attached hydrogen (secondary N) is 4. The molecular weight excluding hydrogens is 623 g/mol. The van der Waals surface area contributed by atoms with Crippen molar-refractivity contribution in [1.82, 2.24) is 19.5 Å². The molecule has 0 aromatic rings. The number of amides is 3. The van der Waals surface area contributed by atoms with Crippen LogP contribution in [0.25, 0.3) is 0 Å². The van der Waals surface area contributed by atoms with Crippen molar-refractivity contribution in [2.45, 2.75) is 57.8 Å². The lowest BCUT2D eigenvalue weighted by molar-refractivity contribution is -0.173. The fraction of sp³-hybridized carbons (Fsp3) is 0.750. The van der Waals surface area contributed by atoms with E-state index in [1.165, 1.54) is 22.6 Å². The Balaban J connectivity index is 4.31. The topological polar surface area (TPSA) is 116 Å². The Bertz CT molecular complexity index is 577. The van der Waals surface area contributed by atoms with Crippen LogP contribution in [0.2, 0.25) is 0 Å². The first-order valence-electron chi connectivity index (χ1n) is 8.86. The maximum absolute atomic E-state index is 12.1. The van der Waals surface area contributed by atoms with Crippen molar-refractivity contribution in [3.8, 4) is 0 Å². The van der Waals surface area contributed by atoms with E-state index in [0.29, 0.717) is 12.8 Å². The van der Waals surface area contributed by atoms with Crippen molar-refractivity contribution in [1.29, 1.82) is 0 Å². The number of carbonyl (C=O) groups is 4. The molecule has 0 aliphatic heterocycles. The number of halogens is 5. The van der Waals surface area contributed by atoms with Gasteiger partial charge in [-0.25, -0.2) is 3.53 Å². The van der Waals surface area contributed by atoms with Crippen LogP contribution in [0, 0.1) is 5.92 Å². The first-order chi connectivity index (χ1) is 13.4. The molecule has 0 saturated heterocycles. The highest BCUT2D eigenvalue weighted by Crippen LogP contribution is 2.14. The van der Waals surface area contributed by atoms with Gasteiger partial charge in [0.15, 0.2) is 0 Å². The molecular formula is C16H25F3I2N4O4. The highest BCUT2D eigenvalue weighted by atomic mass is 127. The molecule has 13 heteroatoms. The maximum Gasteiger partial charge on any atom is 0.471 e. The summed E-state index contributed by atoms with van der Waals surface area (Å²) in [5, 5.41) is 6.73. The Hall–Kier alpha value is -0.710. The zero-order valence-electron chi connectivity index (χ0n) is 16.0. The van der Waals surface area contributed by atoms with Gasteiger partial charge in [-0.15, -0.1) is 0 Å². The van der Waals surface area contributed by atoms with Gasteiger partial charge in [0.05, 0.1) is 18.6 Å². The lowest BCUT2D eigenvalue weighted by atomic mass is 10.0. The van der Waals surface area contributed by atoms with Crippen LogP contribution in [0.1, 0.15) is 39.5 Å². The van der Waals surface area contributed by atoms with Crippen LogP contribution in [0.15, 0.2) is 0 Å². The SMILES string of the molecule is CC(C)C[C@H](NI)C(=O)NCC(=O)N[C@@H](CCCCNC(=O)C(F)(F)F)C(=O)I. The number of unbranched alkanes of at least 4 members (excludes halogenated alkanes) is 1. The van der Waals surface area contributed by atoms with Crippen molar-refractivity contribution in [2.75, 3.05) is 13.1 Å². The largest absolute Gasteiger partial charge is 0.471 e. The second-order valence-electron chi connectivity index (χ2n) is 6.68. The number of rotatable bonds is 13. The van der Waals surface area contributed by atoms with E-state index >= 15 is 0 Å². The first kappa shape index (κ1) is 28.3. The minimum Gasteiger partial charge on any atom is -0.348 e. The van der Waals surface area contributed by atoms with Gasteiger partial charge in [0.25, 0.3) is 0 Å². The molecule has 0 aromatic carbocycles. The second-order valence-corrected chi connectivity index (χ2v) is 8.37. The van der Waals surface area contributed by atoms with E-state index < -0.39 is 30.1 Å². The quantitative estimate of drug-likeness (QED) is 0.105. The Morgan fingerprint density at radius 3 is 2.10 bits per heavy atom. The Morgan fingerprint density at radius 2 is 1.62 bits per heavy atom. The molecule has 0 bridgehead atoms. The molecule has 8 nitrogen and oxygen atoms in total. The predicted octanol–water partition coefficient (Wildman–Crippen LogP) is 1.75.